The fourth-order valence-electron chi connectivity index (χ4n) is 3.29. The topological polar surface area (TPSA) is 52.5 Å². The SMILES string of the molecule is Cc1ccc(N2CCC[C@@H](N(C)C[C@H](O)c3ccccc3)C2)nn1. The fourth-order valence-corrected chi connectivity index (χ4v) is 3.29. The van der Waals surface area contributed by atoms with E-state index in [2.05, 4.69) is 27.0 Å². The summed E-state index contributed by atoms with van der Waals surface area (Å²) in [5.41, 5.74) is 1.91. The molecule has 24 heavy (non-hydrogen) atoms. The van der Waals surface area contributed by atoms with Gasteiger partial charge in [0.2, 0.25) is 0 Å². The molecule has 2 aromatic rings. The number of aliphatic hydroxyl groups is 1. The minimum atomic E-state index is -0.453. The highest BCUT2D eigenvalue weighted by Gasteiger charge is 2.25. The molecule has 0 bridgehead atoms. The molecule has 2 heterocycles. The van der Waals surface area contributed by atoms with Gasteiger partial charge in [-0.3, -0.25) is 4.90 Å². The number of piperidine rings is 1. The van der Waals surface area contributed by atoms with Crippen LogP contribution >= 0.6 is 0 Å². The second-order valence-corrected chi connectivity index (χ2v) is 6.64. The van der Waals surface area contributed by atoms with Gasteiger partial charge in [0.1, 0.15) is 0 Å². The molecule has 0 spiro atoms. The Morgan fingerprint density at radius 1 is 1.21 bits per heavy atom. The van der Waals surface area contributed by atoms with Crippen LogP contribution in [-0.2, 0) is 0 Å². The number of hydrogen-bond acceptors (Lipinski definition) is 5. The molecule has 1 aromatic carbocycles. The minimum Gasteiger partial charge on any atom is -0.387 e. The molecule has 0 amide bonds. The van der Waals surface area contributed by atoms with Crippen LogP contribution in [-0.4, -0.2) is 52.9 Å². The van der Waals surface area contributed by atoms with E-state index in [-0.39, 0.29) is 0 Å². The van der Waals surface area contributed by atoms with Crippen molar-refractivity contribution in [2.45, 2.75) is 31.9 Å². The lowest BCUT2D eigenvalue weighted by Gasteiger charge is -2.38. The van der Waals surface area contributed by atoms with Crippen LogP contribution in [0.5, 0.6) is 0 Å². The Morgan fingerprint density at radius 2 is 2.00 bits per heavy atom. The van der Waals surface area contributed by atoms with Gasteiger partial charge in [-0.15, -0.1) is 5.10 Å². The van der Waals surface area contributed by atoms with Gasteiger partial charge in [0.05, 0.1) is 11.8 Å². The summed E-state index contributed by atoms with van der Waals surface area (Å²) < 4.78 is 0. The second-order valence-electron chi connectivity index (χ2n) is 6.64. The van der Waals surface area contributed by atoms with E-state index in [9.17, 15) is 5.11 Å². The van der Waals surface area contributed by atoms with Crippen molar-refractivity contribution < 1.29 is 5.11 Å². The van der Waals surface area contributed by atoms with Gasteiger partial charge < -0.3 is 10.0 Å². The zero-order valence-corrected chi connectivity index (χ0v) is 14.5. The minimum absolute atomic E-state index is 0.417. The number of likely N-dealkylation sites (N-methyl/N-ethyl adjacent to an activating group) is 1. The van der Waals surface area contributed by atoms with Gasteiger partial charge in [-0.1, -0.05) is 30.3 Å². The number of anilines is 1. The van der Waals surface area contributed by atoms with Crippen molar-refractivity contribution in [2.24, 2.45) is 0 Å². The summed E-state index contributed by atoms with van der Waals surface area (Å²) in [6.07, 6.45) is 1.82. The number of aromatic nitrogens is 2. The summed E-state index contributed by atoms with van der Waals surface area (Å²) in [4.78, 5) is 4.57. The maximum atomic E-state index is 10.5. The fraction of sp³-hybridized carbons (Fsp3) is 0.474. The van der Waals surface area contributed by atoms with Crippen LogP contribution in [0.3, 0.4) is 0 Å². The van der Waals surface area contributed by atoms with Gasteiger partial charge >= 0.3 is 0 Å². The van der Waals surface area contributed by atoms with Crippen molar-refractivity contribution in [1.29, 1.82) is 0 Å². The normalized spacial score (nSPS) is 19.5. The van der Waals surface area contributed by atoms with E-state index in [0.29, 0.717) is 12.6 Å². The molecule has 0 radical (unpaired) electrons. The summed E-state index contributed by atoms with van der Waals surface area (Å²) in [7, 11) is 2.10. The molecule has 5 nitrogen and oxygen atoms in total. The number of nitrogens with zero attached hydrogens (tertiary/aromatic N) is 4. The summed E-state index contributed by atoms with van der Waals surface area (Å²) in [5.74, 6) is 0.947. The molecule has 0 unspecified atom stereocenters. The van der Waals surface area contributed by atoms with E-state index in [4.69, 9.17) is 0 Å². The third-order valence-corrected chi connectivity index (χ3v) is 4.77. The second kappa shape index (κ2) is 7.73. The van der Waals surface area contributed by atoms with E-state index >= 15 is 0 Å². The first-order valence-corrected chi connectivity index (χ1v) is 8.62. The first kappa shape index (κ1) is 16.9. The maximum Gasteiger partial charge on any atom is 0.151 e. The van der Waals surface area contributed by atoms with Crippen molar-refractivity contribution in [3.05, 3.63) is 53.7 Å². The molecule has 1 N–H and O–H groups in total. The highest BCUT2D eigenvalue weighted by Crippen LogP contribution is 2.22. The van der Waals surface area contributed by atoms with E-state index in [1.165, 1.54) is 0 Å². The lowest BCUT2D eigenvalue weighted by molar-refractivity contribution is 0.0986. The third kappa shape index (κ3) is 4.10. The maximum absolute atomic E-state index is 10.5. The van der Waals surface area contributed by atoms with Crippen molar-refractivity contribution in [3.8, 4) is 0 Å². The zero-order chi connectivity index (χ0) is 16.9. The molecule has 0 aliphatic carbocycles. The van der Waals surface area contributed by atoms with Gasteiger partial charge in [-0.2, -0.15) is 5.10 Å². The average molecular weight is 326 g/mol. The zero-order valence-electron chi connectivity index (χ0n) is 14.5. The highest BCUT2D eigenvalue weighted by molar-refractivity contribution is 5.38. The molecule has 1 fully saturated rings. The van der Waals surface area contributed by atoms with Gasteiger partial charge in [-0.05, 0) is 44.5 Å². The average Bonchev–Trinajstić information content (AvgIpc) is 2.63. The molecule has 1 aromatic heterocycles. The first-order valence-electron chi connectivity index (χ1n) is 8.62. The largest absolute Gasteiger partial charge is 0.387 e. The molecule has 1 aliphatic rings. The Balaban J connectivity index is 1.60. The Bertz CT molecular complexity index is 632. The first-order chi connectivity index (χ1) is 11.6. The third-order valence-electron chi connectivity index (χ3n) is 4.77. The smallest absolute Gasteiger partial charge is 0.151 e. The van der Waals surface area contributed by atoms with Gasteiger partial charge in [-0.25, -0.2) is 0 Å². The number of aliphatic hydroxyl groups excluding tert-OH is 1. The molecule has 1 saturated heterocycles. The van der Waals surface area contributed by atoms with Gasteiger partial charge in [0, 0.05) is 25.7 Å². The predicted molar refractivity (Wildman–Crippen MR) is 96.0 cm³/mol. The van der Waals surface area contributed by atoms with Crippen LogP contribution in [0.4, 0.5) is 5.82 Å². The Hall–Kier alpha value is -1.98. The van der Waals surface area contributed by atoms with Crippen LogP contribution in [0.15, 0.2) is 42.5 Å². The molecular formula is C19H26N4O. The van der Waals surface area contributed by atoms with Crippen LogP contribution in [0.1, 0.15) is 30.2 Å². The van der Waals surface area contributed by atoms with E-state index in [0.717, 1.165) is 43.0 Å². The summed E-state index contributed by atoms with van der Waals surface area (Å²) >= 11 is 0. The van der Waals surface area contributed by atoms with Crippen molar-refractivity contribution in [3.63, 3.8) is 0 Å². The quantitative estimate of drug-likeness (QED) is 0.914. The number of rotatable bonds is 5. The van der Waals surface area contributed by atoms with Crippen LogP contribution in [0.2, 0.25) is 0 Å². The predicted octanol–water partition coefficient (Wildman–Crippen LogP) is 2.42. The van der Waals surface area contributed by atoms with E-state index in [1.54, 1.807) is 0 Å². The summed E-state index contributed by atoms with van der Waals surface area (Å²) in [6, 6.07) is 14.3. The number of benzene rings is 1. The standard InChI is InChI=1S/C19H26N4O/c1-15-10-11-19(21-20-15)23-12-6-9-17(13-23)22(2)14-18(24)16-7-4-3-5-8-16/h3-5,7-8,10-11,17-18,24H,6,9,12-14H2,1-2H3/t17-,18+/m1/s1. The Morgan fingerprint density at radius 3 is 2.71 bits per heavy atom. The van der Waals surface area contributed by atoms with E-state index < -0.39 is 6.10 Å². The molecular weight excluding hydrogens is 300 g/mol. The Labute approximate surface area is 143 Å². The van der Waals surface area contributed by atoms with Crippen LogP contribution in [0.25, 0.3) is 0 Å². The lowest BCUT2D eigenvalue weighted by Crippen LogP contribution is -2.47. The molecule has 5 heteroatoms. The van der Waals surface area contributed by atoms with Crippen LogP contribution in [0, 0.1) is 6.92 Å². The summed E-state index contributed by atoms with van der Waals surface area (Å²) in [6.45, 7) is 4.54. The molecule has 3 rings (SSSR count). The molecule has 0 saturated carbocycles. The van der Waals surface area contributed by atoms with Crippen molar-refractivity contribution in [1.82, 2.24) is 15.1 Å². The molecule has 128 valence electrons. The lowest BCUT2D eigenvalue weighted by atomic mass is 10.0. The highest BCUT2D eigenvalue weighted by atomic mass is 16.3. The molecule has 1 aliphatic heterocycles. The van der Waals surface area contributed by atoms with Crippen molar-refractivity contribution in [2.75, 3.05) is 31.6 Å². The van der Waals surface area contributed by atoms with Gasteiger partial charge in [0.15, 0.2) is 5.82 Å². The van der Waals surface area contributed by atoms with Gasteiger partial charge in [0.25, 0.3) is 0 Å². The molecule has 2 atom stereocenters. The number of hydrogen-bond donors (Lipinski definition) is 1. The van der Waals surface area contributed by atoms with Crippen LogP contribution < -0.4 is 4.90 Å². The Kier molecular flexibility index (Phi) is 5.43. The monoisotopic (exact) mass is 326 g/mol. The number of aryl methyl sites for hydroxylation is 1. The van der Waals surface area contributed by atoms with Crippen molar-refractivity contribution >= 4 is 5.82 Å². The van der Waals surface area contributed by atoms with E-state index in [1.807, 2.05) is 49.4 Å². The summed E-state index contributed by atoms with van der Waals surface area (Å²) in [5, 5.41) is 18.9.